The lowest BCUT2D eigenvalue weighted by Gasteiger charge is -2.07. The Morgan fingerprint density at radius 2 is 1.87 bits per heavy atom. The van der Waals surface area contributed by atoms with E-state index in [9.17, 15) is 8.78 Å². The van der Waals surface area contributed by atoms with Crippen molar-refractivity contribution in [3.8, 4) is 17.1 Å². The topological polar surface area (TPSA) is 48.2 Å². The van der Waals surface area contributed by atoms with Crippen molar-refractivity contribution >= 4 is 11.6 Å². The Kier molecular flexibility index (Phi) is 4.25. The molecule has 0 aliphatic rings. The number of hydrogen-bond acceptors (Lipinski definition) is 4. The average molecular weight is 337 g/mol. The highest BCUT2D eigenvalue weighted by atomic mass is 35.5. The third-order valence-electron chi connectivity index (χ3n) is 3.01. The molecule has 118 valence electrons. The van der Waals surface area contributed by atoms with Crippen molar-refractivity contribution in [2.75, 3.05) is 0 Å². The Morgan fingerprint density at radius 3 is 2.57 bits per heavy atom. The summed E-state index contributed by atoms with van der Waals surface area (Å²) in [5.41, 5.74) is 1.51. The van der Waals surface area contributed by atoms with Gasteiger partial charge in [-0.1, -0.05) is 47.6 Å². The maximum Gasteiger partial charge on any atom is 0.400 e. The van der Waals surface area contributed by atoms with Crippen LogP contribution in [0.15, 0.2) is 59.1 Å². The highest BCUT2D eigenvalue weighted by Gasteiger charge is 2.35. The molecule has 0 radical (unpaired) electrons. The summed E-state index contributed by atoms with van der Waals surface area (Å²) in [4.78, 5) is 3.60. The molecule has 2 aromatic carbocycles. The first-order chi connectivity index (χ1) is 11.0. The summed E-state index contributed by atoms with van der Waals surface area (Å²) in [5, 5.41) is -0.182. The Bertz CT molecular complexity index is 788. The molecule has 0 aliphatic carbocycles. The molecule has 0 unspecified atom stereocenters. The minimum atomic E-state index is -3.69. The third kappa shape index (κ3) is 3.84. The third-order valence-corrected chi connectivity index (χ3v) is 3.17. The summed E-state index contributed by atoms with van der Waals surface area (Å²) in [6, 6.07) is 16.4. The van der Waals surface area contributed by atoms with Crippen LogP contribution in [0.2, 0.25) is 0 Å². The lowest BCUT2D eigenvalue weighted by atomic mass is 10.2. The van der Waals surface area contributed by atoms with Crippen molar-refractivity contribution in [1.82, 2.24) is 10.1 Å². The van der Waals surface area contributed by atoms with Crippen LogP contribution in [0.1, 0.15) is 11.5 Å². The monoisotopic (exact) mass is 336 g/mol. The van der Waals surface area contributed by atoms with Crippen molar-refractivity contribution in [2.24, 2.45) is 0 Å². The van der Waals surface area contributed by atoms with Crippen LogP contribution in [0.25, 0.3) is 11.4 Å². The number of rotatable bonds is 5. The van der Waals surface area contributed by atoms with E-state index in [1.54, 1.807) is 24.3 Å². The molecule has 0 fully saturated rings. The lowest BCUT2D eigenvalue weighted by molar-refractivity contribution is 0.0551. The molecular weight excluding hydrogens is 326 g/mol. The van der Waals surface area contributed by atoms with Crippen molar-refractivity contribution in [2.45, 2.75) is 12.0 Å². The molecule has 3 rings (SSSR count). The van der Waals surface area contributed by atoms with Gasteiger partial charge >= 0.3 is 11.3 Å². The van der Waals surface area contributed by atoms with Gasteiger partial charge in [-0.2, -0.15) is 13.8 Å². The summed E-state index contributed by atoms with van der Waals surface area (Å²) < 4.78 is 36.0. The van der Waals surface area contributed by atoms with Crippen LogP contribution in [0.4, 0.5) is 8.78 Å². The summed E-state index contributed by atoms with van der Waals surface area (Å²) in [6.07, 6.45) is 0. The fraction of sp³-hybridized carbons (Fsp3) is 0.125. The van der Waals surface area contributed by atoms with Gasteiger partial charge in [-0.15, -0.1) is 0 Å². The van der Waals surface area contributed by atoms with E-state index in [0.29, 0.717) is 17.9 Å². The highest BCUT2D eigenvalue weighted by molar-refractivity contribution is 6.21. The summed E-state index contributed by atoms with van der Waals surface area (Å²) >= 11 is 4.85. The molecule has 0 bridgehead atoms. The summed E-state index contributed by atoms with van der Waals surface area (Å²) in [6.45, 7) is 0.390. The molecular formula is C16H11ClF2N2O2. The fourth-order valence-electron chi connectivity index (χ4n) is 1.92. The Labute approximate surface area is 135 Å². The van der Waals surface area contributed by atoms with E-state index >= 15 is 0 Å². The first-order valence-corrected chi connectivity index (χ1v) is 7.08. The maximum absolute atomic E-state index is 12.9. The van der Waals surface area contributed by atoms with E-state index < -0.39 is 11.3 Å². The van der Waals surface area contributed by atoms with Crippen LogP contribution in [0.5, 0.6) is 5.75 Å². The average Bonchev–Trinajstić information content (AvgIpc) is 3.05. The molecule has 1 aromatic heterocycles. The molecule has 4 nitrogen and oxygen atoms in total. The predicted molar refractivity (Wildman–Crippen MR) is 80.3 cm³/mol. The molecule has 0 N–H and O–H groups in total. The Morgan fingerprint density at radius 1 is 1.09 bits per heavy atom. The van der Waals surface area contributed by atoms with Gasteiger partial charge < -0.3 is 9.26 Å². The molecule has 0 amide bonds. The number of benzene rings is 2. The number of nitrogens with zero attached hydrogens (tertiary/aromatic N) is 2. The van der Waals surface area contributed by atoms with Crippen molar-refractivity contribution < 1.29 is 18.0 Å². The van der Waals surface area contributed by atoms with Gasteiger partial charge in [-0.25, -0.2) is 0 Å². The Balaban J connectivity index is 1.76. The van der Waals surface area contributed by atoms with Crippen molar-refractivity contribution in [3.05, 3.63) is 66.1 Å². The first-order valence-electron chi connectivity index (χ1n) is 6.70. The zero-order valence-corrected chi connectivity index (χ0v) is 12.5. The normalized spacial score (nSPS) is 11.4. The number of halogens is 3. The van der Waals surface area contributed by atoms with Gasteiger partial charge in [0, 0.05) is 5.56 Å². The van der Waals surface area contributed by atoms with Crippen molar-refractivity contribution in [3.63, 3.8) is 0 Å². The SMILES string of the molecule is FC(F)(Cl)c1nc(-c2cccc(OCc3ccccc3)c2)no1. The van der Waals surface area contributed by atoms with Crippen LogP contribution in [-0.4, -0.2) is 10.1 Å². The van der Waals surface area contributed by atoms with Gasteiger partial charge in [-0.3, -0.25) is 0 Å². The van der Waals surface area contributed by atoms with Gasteiger partial charge in [0.15, 0.2) is 0 Å². The van der Waals surface area contributed by atoms with Crippen LogP contribution < -0.4 is 4.74 Å². The molecule has 7 heteroatoms. The Hall–Kier alpha value is -2.47. The second-order valence-corrected chi connectivity index (χ2v) is 5.20. The fourth-order valence-corrected chi connectivity index (χ4v) is 2.00. The van der Waals surface area contributed by atoms with E-state index in [0.717, 1.165) is 5.56 Å². The zero-order valence-electron chi connectivity index (χ0n) is 11.7. The zero-order chi connectivity index (χ0) is 16.3. The molecule has 0 atom stereocenters. The van der Waals surface area contributed by atoms with E-state index in [1.807, 2.05) is 30.3 Å². The van der Waals surface area contributed by atoms with Gasteiger partial charge in [0.05, 0.1) is 0 Å². The smallest absolute Gasteiger partial charge is 0.400 e. The number of hydrogen-bond donors (Lipinski definition) is 0. The molecule has 0 saturated heterocycles. The largest absolute Gasteiger partial charge is 0.489 e. The second-order valence-electron chi connectivity index (χ2n) is 4.72. The summed E-state index contributed by atoms with van der Waals surface area (Å²) in [7, 11) is 0. The van der Waals surface area contributed by atoms with E-state index in [2.05, 4.69) is 14.7 Å². The van der Waals surface area contributed by atoms with Crippen LogP contribution in [0.3, 0.4) is 0 Å². The van der Waals surface area contributed by atoms with Gasteiger partial charge in [0.2, 0.25) is 5.82 Å². The molecule has 3 aromatic rings. The molecule has 1 heterocycles. The second kappa shape index (κ2) is 6.34. The maximum atomic E-state index is 12.9. The molecule has 0 saturated carbocycles. The van der Waals surface area contributed by atoms with Gasteiger partial charge in [0.1, 0.15) is 12.4 Å². The molecule has 0 spiro atoms. The van der Waals surface area contributed by atoms with E-state index in [4.69, 9.17) is 16.3 Å². The van der Waals surface area contributed by atoms with Crippen LogP contribution in [0, 0.1) is 0 Å². The van der Waals surface area contributed by atoms with Crippen LogP contribution >= 0.6 is 11.6 Å². The quantitative estimate of drug-likeness (QED) is 0.639. The molecule has 0 aliphatic heterocycles. The highest BCUT2D eigenvalue weighted by Crippen LogP contribution is 2.32. The van der Waals surface area contributed by atoms with E-state index in [1.165, 1.54) is 0 Å². The minimum Gasteiger partial charge on any atom is -0.489 e. The van der Waals surface area contributed by atoms with E-state index in [-0.39, 0.29) is 5.82 Å². The molecule has 23 heavy (non-hydrogen) atoms. The van der Waals surface area contributed by atoms with Crippen molar-refractivity contribution in [1.29, 1.82) is 0 Å². The van der Waals surface area contributed by atoms with Gasteiger partial charge in [-0.05, 0) is 29.3 Å². The summed E-state index contributed by atoms with van der Waals surface area (Å²) in [5.74, 6) is -0.356. The number of ether oxygens (including phenoxy) is 1. The predicted octanol–water partition coefficient (Wildman–Crippen LogP) is 4.60. The lowest BCUT2D eigenvalue weighted by Crippen LogP contribution is -2.03. The standard InChI is InChI=1S/C16H11ClF2N2O2/c17-16(18,19)15-20-14(21-23-15)12-7-4-8-13(9-12)22-10-11-5-2-1-3-6-11/h1-9H,10H2. The van der Waals surface area contributed by atoms with Gasteiger partial charge in [0.25, 0.3) is 0 Å². The first kappa shape index (κ1) is 15.4. The number of aromatic nitrogens is 2. The number of alkyl halides is 3. The minimum absolute atomic E-state index is 0.0190. The van der Waals surface area contributed by atoms with Crippen LogP contribution in [-0.2, 0) is 12.0 Å².